The van der Waals surface area contributed by atoms with E-state index >= 15 is 0 Å². The van der Waals surface area contributed by atoms with Gasteiger partial charge >= 0.3 is 6.03 Å². The highest BCUT2D eigenvalue weighted by Crippen LogP contribution is 2.24. The quantitative estimate of drug-likeness (QED) is 0.723. The van der Waals surface area contributed by atoms with E-state index in [4.69, 9.17) is 11.6 Å². The number of amides is 3. The molecule has 3 N–H and O–H groups in total. The van der Waals surface area contributed by atoms with Crippen LogP contribution in [0.3, 0.4) is 0 Å². The first kappa shape index (κ1) is 22.5. The number of piperidine rings is 1. The molecule has 6 nitrogen and oxygen atoms in total. The van der Waals surface area contributed by atoms with E-state index < -0.39 is 0 Å². The summed E-state index contributed by atoms with van der Waals surface area (Å²) in [5.41, 5.74) is 0.592. The molecule has 0 atom stereocenters. The molecule has 1 aromatic rings. The maximum atomic E-state index is 12.8. The van der Waals surface area contributed by atoms with Crippen LogP contribution in [0.4, 0.5) is 10.5 Å². The van der Waals surface area contributed by atoms with Gasteiger partial charge in [0.15, 0.2) is 0 Å². The van der Waals surface area contributed by atoms with E-state index in [1.165, 1.54) is 0 Å². The third-order valence-electron chi connectivity index (χ3n) is 4.12. The van der Waals surface area contributed by atoms with Crippen LogP contribution in [0.25, 0.3) is 0 Å². The largest absolute Gasteiger partial charge is 0.339 e. The molecule has 1 aliphatic rings. The molecule has 1 fully saturated rings. The summed E-state index contributed by atoms with van der Waals surface area (Å²) < 4.78 is 0. The molecule has 0 bridgehead atoms. The van der Waals surface area contributed by atoms with Crippen LogP contribution >= 0.6 is 24.0 Å². The molecule has 0 aromatic heterocycles. The number of rotatable bonds is 3. The number of anilines is 1. The predicted molar refractivity (Wildman–Crippen MR) is 109 cm³/mol. The van der Waals surface area contributed by atoms with Gasteiger partial charge < -0.3 is 20.9 Å². The minimum atomic E-state index is -0.343. The van der Waals surface area contributed by atoms with Crippen LogP contribution in [0, 0.1) is 0 Å². The van der Waals surface area contributed by atoms with Gasteiger partial charge in [-0.25, -0.2) is 4.79 Å². The number of halogens is 2. The summed E-state index contributed by atoms with van der Waals surface area (Å²) in [5.74, 6) is -0.128. The van der Waals surface area contributed by atoms with E-state index in [0.29, 0.717) is 16.3 Å². The highest BCUT2D eigenvalue weighted by molar-refractivity contribution is 6.34. The zero-order valence-corrected chi connectivity index (χ0v) is 17.3. The zero-order valence-electron chi connectivity index (χ0n) is 15.7. The van der Waals surface area contributed by atoms with Crippen LogP contribution in [0.2, 0.25) is 5.02 Å². The second-order valence-electron chi connectivity index (χ2n) is 7.42. The molecule has 0 radical (unpaired) electrons. The van der Waals surface area contributed by atoms with E-state index in [2.05, 4.69) is 16.0 Å². The van der Waals surface area contributed by atoms with Crippen molar-refractivity contribution in [3.8, 4) is 0 Å². The van der Waals surface area contributed by atoms with Crippen LogP contribution in [0.5, 0.6) is 0 Å². The molecule has 1 heterocycles. The van der Waals surface area contributed by atoms with Gasteiger partial charge in [0.1, 0.15) is 0 Å². The summed E-state index contributed by atoms with van der Waals surface area (Å²) >= 11 is 6.23. The highest BCUT2D eigenvalue weighted by Gasteiger charge is 2.24. The first-order valence-electron chi connectivity index (χ1n) is 8.54. The molecular weight excluding hydrogens is 375 g/mol. The van der Waals surface area contributed by atoms with Crippen LogP contribution < -0.4 is 16.0 Å². The average molecular weight is 403 g/mol. The summed E-state index contributed by atoms with van der Waals surface area (Å²) in [5, 5.41) is 9.24. The SMILES string of the molecule is CN(C(=O)c1cc(NC(=O)NC(C)(C)C)ccc1Cl)C1CCNCC1.Cl. The van der Waals surface area contributed by atoms with Crippen molar-refractivity contribution in [3.05, 3.63) is 28.8 Å². The molecule has 1 aliphatic heterocycles. The fourth-order valence-electron chi connectivity index (χ4n) is 2.82. The Hall–Kier alpha value is -1.50. The molecule has 0 saturated carbocycles. The van der Waals surface area contributed by atoms with Gasteiger partial charge in [-0.3, -0.25) is 4.79 Å². The number of hydrogen-bond donors (Lipinski definition) is 3. The third kappa shape index (κ3) is 6.34. The second-order valence-corrected chi connectivity index (χ2v) is 7.83. The monoisotopic (exact) mass is 402 g/mol. The van der Waals surface area contributed by atoms with E-state index in [1.807, 2.05) is 20.8 Å². The molecule has 0 aliphatic carbocycles. The Morgan fingerprint density at radius 3 is 2.42 bits per heavy atom. The Morgan fingerprint density at radius 2 is 1.85 bits per heavy atom. The molecule has 0 unspecified atom stereocenters. The van der Waals surface area contributed by atoms with E-state index in [9.17, 15) is 9.59 Å². The van der Waals surface area contributed by atoms with Gasteiger partial charge in [-0.05, 0) is 64.9 Å². The number of carbonyl (C=O) groups excluding carboxylic acids is 2. The first-order valence-corrected chi connectivity index (χ1v) is 8.92. The van der Waals surface area contributed by atoms with E-state index in [0.717, 1.165) is 25.9 Å². The molecule has 2 rings (SSSR count). The van der Waals surface area contributed by atoms with Crippen molar-refractivity contribution in [1.82, 2.24) is 15.5 Å². The smallest absolute Gasteiger partial charge is 0.319 e. The molecule has 146 valence electrons. The summed E-state index contributed by atoms with van der Waals surface area (Å²) in [4.78, 5) is 26.6. The molecule has 1 aromatic carbocycles. The number of benzene rings is 1. The molecule has 0 spiro atoms. The van der Waals surface area contributed by atoms with Gasteiger partial charge in [0.2, 0.25) is 0 Å². The number of nitrogens with one attached hydrogen (secondary N) is 3. The van der Waals surface area contributed by atoms with Crippen molar-refractivity contribution in [2.45, 2.75) is 45.2 Å². The van der Waals surface area contributed by atoms with Crippen LogP contribution in [0.1, 0.15) is 44.0 Å². The Balaban J connectivity index is 0.00000338. The van der Waals surface area contributed by atoms with Gasteiger partial charge in [-0.1, -0.05) is 11.6 Å². The Labute approximate surface area is 166 Å². The second kappa shape index (κ2) is 9.44. The van der Waals surface area contributed by atoms with Crippen molar-refractivity contribution in [2.75, 3.05) is 25.5 Å². The minimum absolute atomic E-state index is 0. The van der Waals surface area contributed by atoms with E-state index in [-0.39, 0.29) is 35.9 Å². The lowest BCUT2D eigenvalue weighted by Crippen LogP contribution is -2.44. The van der Waals surface area contributed by atoms with Gasteiger partial charge in [0.05, 0.1) is 10.6 Å². The maximum Gasteiger partial charge on any atom is 0.319 e. The van der Waals surface area contributed by atoms with Crippen molar-refractivity contribution >= 4 is 41.6 Å². The van der Waals surface area contributed by atoms with Crippen molar-refractivity contribution in [2.24, 2.45) is 0 Å². The van der Waals surface area contributed by atoms with Gasteiger partial charge in [-0.2, -0.15) is 0 Å². The first-order chi connectivity index (χ1) is 11.7. The van der Waals surface area contributed by atoms with Crippen LogP contribution in [0.15, 0.2) is 18.2 Å². The summed E-state index contributed by atoms with van der Waals surface area (Å²) in [6, 6.07) is 4.83. The standard InChI is InChI=1S/C18H27ClN4O2.ClH/c1-18(2,3)22-17(25)21-12-5-6-15(19)14(11-12)16(24)23(4)13-7-9-20-10-8-13;/h5-6,11,13,20H,7-10H2,1-4H3,(H2,21,22,25);1H. The lowest BCUT2D eigenvalue weighted by Gasteiger charge is -2.32. The lowest BCUT2D eigenvalue weighted by atomic mass is 10.0. The molecular formula is C18H28Cl2N4O2. The highest BCUT2D eigenvalue weighted by atomic mass is 35.5. The minimum Gasteiger partial charge on any atom is -0.339 e. The third-order valence-corrected chi connectivity index (χ3v) is 4.45. The average Bonchev–Trinajstić information content (AvgIpc) is 2.54. The number of urea groups is 1. The topological polar surface area (TPSA) is 73.5 Å². The summed E-state index contributed by atoms with van der Waals surface area (Å²) in [6.45, 7) is 7.52. The molecule has 26 heavy (non-hydrogen) atoms. The maximum absolute atomic E-state index is 12.8. The molecule has 8 heteroatoms. The summed E-state index contributed by atoms with van der Waals surface area (Å²) in [6.07, 6.45) is 1.84. The Morgan fingerprint density at radius 1 is 1.23 bits per heavy atom. The number of carbonyl (C=O) groups is 2. The van der Waals surface area contributed by atoms with Crippen molar-refractivity contribution in [1.29, 1.82) is 0 Å². The number of hydrogen-bond acceptors (Lipinski definition) is 3. The van der Waals surface area contributed by atoms with Gasteiger partial charge in [-0.15, -0.1) is 12.4 Å². The summed E-state index contributed by atoms with van der Waals surface area (Å²) in [7, 11) is 1.81. The fraction of sp³-hybridized carbons (Fsp3) is 0.556. The van der Waals surface area contributed by atoms with Crippen LogP contribution in [-0.2, 0) is 0 Å². The zero-order chi connectivity index (χ0) is 18.6. The van der Waals surface area contributed by atoms with E-state index in [1.54, 1.807) is 30.1 Å². The van der Waals surface area contributed by atoms with Crippen LogP contribution in [-0.4, -0.2) is 48.6 Å². The number of nitrogens with zero attached hydrogens (tertiary/aromatic N) is 1. The Bertz CT molecular complexity index is 641. The predicted octanol–water partition coefficient (Wildman–Crippen LogP) is 3.51. The van der Waals surface area contributed by atoms with Crippen molar-refractivity contribution < 1.29 is 9.59 Å². The fourth-order valence-corrected chi connectivity index (χ4v) is 3.02. The van der Waals surface area contributed by atoms with Crippen molar-refractivity contribution in [3.63, 3.8) is 0 Å². The molecule has 1 saturated heterocycles. The van der Waals surface area contributed by atoms with Gasteiger partial charge in [0.25, 0.3) is 5.91 Å². The molecule has 3 amide bonds. The lowest BCUT2D eigenvalue weighted by molar-refractivity contribution is 0.0703. The normalized spacial score (nSPS) is 15.0. The Kier molecular flexibility index (Phi) is 8.18. The van der Waals surface area contributed by atoms with Gasteiger partial charge in [0, 0.05) is 24.3 Å².